The molecule has 17 heavy (non-hydrogen) atoms. The second kappa shape index (κ2) is 5.62. The molecule has 0 aliphatic carbocycles. The maximum atomic E-state index is 11.8. The molecular formula is C11H10BrClO4. The number of hydrogen-bond donors (Lipinski definition) is 2. The van der Waals surface area contributed by atoms with Crippen LogP contribution in [0.1, 0.15) is 28.9 Å². The van der Waals surface area contributed by atoms with Crippen molar-refractivity contribution in [3.8, 4) is 0 Å². The predicted octanol–water partition coefficient (Wildman–Crippen LogP) is 2.38. The van der Waals surface area contributed by atoms with Gasteiger partial charge in [0.05, 0.1) is 5.38 Å². The molecule has 0 saturated heterocycles. The normalized spacial score (nSPS) is 14.1. The van der Waals surface area contributed by atoms with Crippen molar-refractivity contribution in [1.82, 2.24) is 0 Å². The monoisotopic (exact) mass is 320 g/mol. The van der Waals surface area contributed by atoms with Gasteiger partial charge in [0, 0.05) is 15.6 Å². The number of carbonyl (C=O) groups excluding carboxylic acids is 1. The first kappa shape index (κ1) is 14.2. The summed E-state index contributed by atoms with van der Waals surface area (Å²) in [5.41, 5.74) is 0.148. The van der Waals surface area contributed by atoms with Crippen LogP contribution in [0.5, 0.6) is 0 Å². The van der Waals surface area contributed by atoms with Crippen LogP contribution >= 0.6 is 27.5 Å². The molecule has 0 aliphatic heterocycles. The minimum absolute atomic E-state index is 0.0318. The van der Waals surface area contributed by atoms with Gasteiger partial charge in [-0.05, 0) is 25.1 Å². The van der Waals surface area contributed by atoms with Gasteiger partial charge < -0.3 is 10.2 Å². The van der Waals surface area contributed by atoms with Gasteiger partial charge in [0.15, 0.2) is 11.9 Å². The topological polar surface area (TPSA) is 74.6 Å². The molecule has 0 fully saturated rings. The van der Waals surface area contributed by atoms with Gasteiger partial charge in [0.25, 0.3) is 0 Å². The molecule has 6 heteroatoms. The molecule has 92 valence electrons. The Morgan fingerprint density at radius 2 is 2.00 bits per heavy atom. The quantitative estimate of drug-likeness (QED) is 0.659. The van der Waals surface area contributed by atoms with Crippen molar-refractivity contribution in [2.45, 2.75) is 18.4 Å². The Balaban J connectivity index is 3.31. The van der Waals surface area contributed by atoms with Crippen LogP contribution in [0, 0.1) is 0 Å². The number of rotatable bonds is 4. The van der Waals surface area contributed by atoms with E-state index >= 15 is 0 Å². The van der Waals surface area contributed by atoms with Gasteiger partial charge in [-0.3, -0.25) is 4.79 Å². The predicted molar refractivity (Wildman–Crippen MR) is 66.4 cm³/mol. The SMILES string of the molecule is CC(Cl)C(=O)c1ccc(Br)cc1C(O)C(=O)O. The number of halogens is 2. The van der Waals surface area contributed by atoms with E-state index in [2.05, 4.69) is 15.9 Å². The van der Waals surface area contributed by atoms with Crippen LogP contribution in [0.15, 0.2) is 22.7 Å². The molecule has 0 aromatic heterocycles. The number of ketones is 1. The van der Waals surface area contributed by atoms with E-state index in [1.54, 1.807) is 6.07 Å². The zero-order chi connectivity index (χ0) is 13.2. The third-order valence-corrected chi connectivity index (χ3v) is 2.86. The lowest BCUT2D eigenvalue weighted by molar-refractivity contribution is -0.146. The summed E-state index contributed by atoms with van der Waals surface area (Å²) in [5.74, 6) is -1.84. The number of benzene rings is 1. The smallest absolute Gasteiger partial charge is 0.337 e. The van der Waals surface area contributed by atoms with Crippen molar-refractivity contribution >= 4 is 39.3 Å². The lowest BCUT2D eigenvalue weighted by Gasteiger charge is -2.13. The lowest BCUT2D eigenvalue weighted by atomic mass is 9.98. The van der Waals surface area contributed by atoms with E-state index < -0.39 is 23.2 Å². The second-order valence-electron chi connectivity index (χ2n) is 3.45. The highest BCUT2D eigenvalue weighted by atomic mass is 79.9. The average Bonchev–Trinajstić information content (AvgIpc) is 2.26. The fourth-order valence-corrected chi connectivity index (χ4v) is 1.83. The van der Waals surface area contributed by atoms with Crippen LogP contribution in [0.4, 0.5) is 0 Å². The van der Waals surface area contributed by atoms with Crippen LogP contribution in [0.2, 0.25) is 0 Å². The number of aliphatic hydroxyl groups is 1. The van der Waals surface area contributed by atoms with E-state index in [1.165, 1.54) is 19.1 Å². The maximum Gasteiger partial charge on any atom is 0.337 e. The maximum absolute atomic E-state index is 11.8. The number of aliphatic hydroxyl groups excluding tert-OH is 1. The molecule has 1 aromatic rings. The largest absolute Gasteiger partial charge is 0.479 e. The summed E-state index contributed by atoms with van der Waals surface area (Å²) in [7, 11) is 0. The Bertz CT molecular complexity index is 459. The van der Waals surface area contributed by atoms with Gasteiger partial charge in [-0.1, -0.05) is 15.9 Å². The first-order valence-electron chi connectivity index (χ1n) is 4.73. The van der Waals surface area contributed by atoms with E-state index in [-0.39, 0.29) is 11.1 Å². The first-order chi connectivity index (χ1) is 7.84. The lowest BCUT2D eigenvalue weighted by Crippen LogP contribution is -2.18. The average molecular weight is 322 g/mol. The molecule has 0 bridgehead atoms. The number of carboxylic acid groups (broad SMARTS) is 1. The summed E-state index contributed by atoms with van der Waals surface area (Å²) in [6.07, 6.45) is -1.75. The number of Topliss-reactive ketones (excluding diaryl/α,β-unsaturated/α-hetero) is 1. The van der Waals surface area contributed by atoms with E-state index in [1.807, 2.05) is 0 Å². The van der Waals surface area contributed by atoms with Gasteiger partial charge in [0.2, 0.25) is 0 Å². The molecule has 0 heterocycles. The number of aliphatic carboxylic acids is 1. The summed E-state index contributed by atoms with van der Waals surface area (Å²) in [5, 5.41) is 17.5. The Morgan fingerprint density at radius 3 is 2.47 bits per heavy atom. The fourth-order valence-electron chi connectivity index (χ4n) is 1.33. The zero-order valence-electron chi connectivity index (χ0n) is 8.85. The Labute approximate surface area is 111 Å². The molecule has 0 amide bonds. The van der Waals surface area contributed by atoms with Crippen LogP contribution < -0.4 is 0 Å². The van der Waals surface area contributed by atoms with Gasteiger partial charge >= 0.3 is 5.97 Å². The van der Waals surface area contributed by atoms with Crippen LogP contribution in [-0.4, -0.2) is 27.3 Å². The molecule has 2 unspecified atom stereocenters. The molecule has 2 N–H and O–H groups in total. The number of alkyl halides is 1. The number of carbonyl (C=O) groups is 2. The number of carboxylic acids is 1. The van der Waals surface area contributed by atoms with Gasteiger partial charge in [-0.15, -0.1) is 11.6 Å². The standard InChI is InChI=1S/C11H10BrClO4/c1-5(13)9(14)7-3-2-6(12)4-8(7)10(15)11(16)17/h2-5,10,15H,1H3,(H,16,17). The summed E-state index contributed by atoms with van der Waals surface area (Å²) in [4.78, 5) is 22.5. The molecule has 0 saturated carbocycles. The highest BCUT2D eigenvalue weighted by molar-refractivity contribution is 9.10. The summed E-state index contributed by atoms with van der Waals surface area (Å²) < 4.78 is 0.576. The van der Waals surface area contributed by atoms with Crippen LogP contribution in [0.25, 0.3) is 0 Å². The van der Waals surface area contributed by atoms with E-state index in [9.17, 15) is 14.7 Å². The highest BCUT2D eigenvalue weighted by Gasteiger charge is 2.24. The van der Waals surface area contributed by atoms with Gasteiger partial charge in [-0.25, -0.2) is 4.79 Å². The van der Waals surface area contributed by atoms with Gasteiger partial charge in [0.1, 0.15) is 0 Å². The summed E-state index contributed by atoms with van der Waals surface area (Å²) >= 11 is 8.82. The van der Waals surface area contributed by atoms with Crippen molar-refractivity contribution in [3.63, 3.8) is 0 Å². The molecule has 4 nitrogen and oxygen atoms in total. The van der Waals surface area contributed by atoms with Crippen LogP contribution in [-0.2, 0) is 4.79 Å². The van der Waals surface area contributed by atoms with Crippen molar-refractivity contribution in [2.24, 2.45) is 0 Å². The molecule has 0 radical (unpaired) electrons. The van der Waals surface area contributed by atoms with E-state index in [0.29, 0.717) is 4.47 Å². The van der Waals surface area contributed by atoms with Crippen molar-refractivity contribution in [1.29, 1.82) is 0 Å². The fraction of sp³-hybridized carbons (Fsp3) is 0.273. The molecule has 0 spiro atoms. The summed E-state index contributed by atoms with van der Waals surface area (Å²) in [6, 6.07) is 4.42. The second-order valence-corrected chi connectivity index (χ2v) is 5.02. The van der Waals surface area contributed by atoms with Crippen molar-refractivity contribution in [3.05, 3.63) is 33.8 Å². The molecule has 0 aliphatic rings. The van der Waals surface area contributed by atoms with Crippen molar-refractivity contribution < 1.29 is 19.8 Å². The van der Waals surface area contributed by atoms with Crippen LogP contribution in [0.3, 0.4) is 0 Å². The minimum Gasteiger partial charge on any atom is -0.479 e. The summed E-state index contributed by atoms with van der Waals surface area (Å²) in [6.45, 7) is 1.49. The third-order valence-electron chi connectivity index (χ3n) is 2.17. The third kappa shape index (κ3) is 3.28. The first-order valence-corrected chi connectivity index (χ1v) is 5.96. The molecule has 2 atom stereocenters. The molecular weight excluding hydrogens is 311 g/mol. The minimum atomic E-state index is -1.75. The van der Waals surface area contributed by atoms with E-state index in [0.717, 1.165) is 0 Å². The van der Waals surface area contributed by atoms with E-state index in [4.69, 9.17) is 16.7 Å². The van der Waals surface area contributed by atoms with Gasteiger partial charge in [-0.2, -0.15) is 0 Å². The number of hydrogen-bond acceptors (Lipinski definition) is 3. The molecule has 1 aromatic carbocycles. The Morgan fingerprint density at radius 1 is 1.41 bits per heavy atom. The molecule has 1 rings (SSSR count). The Hall–Kier alpha value is -0.910. The zero-order valence-corrected chi connectivity index (χ0v) is 11.2. The van der Waals surface area contributed by atoms with Crippen molar-refractivity contribution in [2.75, 3.05) is 0 Å². The highest BCUT2D eigenvalue weighted by Crippen LogP contribution is 2.25. The Kier molecular flexibility index (Phi) is 4.68.